The Kier molecular flexibility index (Phi) is 3.65. The van der Waals surface area contributed by atoms with Crippen LogP contribution >= 0.6 is 0 Å². The van der Waals surface area contributed by atoms with Crippen LogP contribution in [0, 0.1) is 12.7 Å². The van der Waals surface area contributed by atoms with Gasteiger partial charge in [-0.3, -0.25) is 5.10 Å². The standard InChI is InChI=1S/C18H18FN5O/c1-10(25)8-20-17-6-5-14(11(2)22-17)24-15-4-3-12(19)7-13(15)18-16(24)9-21-23-18/h3-7,9-10,25H,8H2,1-2H3,(H,20,22)(H,21,23). The van der Waals surface area contributed by atoms with Crippen molar-refractivity contribution in [3.63, 3.8) is 0 Å². The summed E-state index contributed by atoms with van der Waals surface area (Å²) in [5.41, 5.74) is 4.27. The van der Waals surface area contributed by atoms with E-state index in [0.29, 0.717) is 12.4 Å². The van der Waals surface area contributed by atoms with Crippen LogP contribution in [0.15, 0.2) is 36.5 Å². The van der Waals surface area contributed by atoms with Gasteiger partial charge in [-0.25, -0.2) is 9.37 Å². The molecule has 0 spiro atoms. The first kappa shape index (κ1) is 15.6. The maximum absolute atomic E-state index is 13.7. The van der Waals surface area contributed by atoms with Gasteiger partial charge in [-0.15, -0.1) is 0 Å². The van der Waals surface area contributed by atoms with Crippen LogP contribution < -0.4 is 5.32 Å². The monoisotopic (exact) mass is 339 g/mol. The fourth-order valence-corrected chi connectivity index (χ4v) is 3.08. The minimum absolute atomic E-state index is 0.284. The summed E-state index contributed by atoms with van der Waals surface area (Å²) in [4.78, 5) is 4.57. The van der Waals surface area contributed by atoms with Gasteiger partial charge >= 0.3 is 0 Å². The number of nitrogens with one attached hydrogen (secondary N) is 2. The summed E-state index contributed by atoms with van der Waals surface area (Å²) < 4.78 is 15.7. The fraction of sp³-hybridized carbons (Fsp3) is 0.222. The lowest BCUT2D eigenvalue weighted by Crippen LogP contribution is -2.16. The van der Waals surface area contributed by atoms with Crippen LogP contribution in [0.1, 0.15) is 12.6 Å². The second-order valence-electron chi connectivity index (χ2n) is 6.16. The molecule has 0 saturated carbocycles. The summed E-state index contributed by atoms with van der Waals surface area (Å²) in [5, 5.41) is 20.3. The lowest BCUT2D eigenvalue weighted by atomic mass is 10.2. The van der Waals surface area contributed by atoms with Crippen molar-refractivity contribution in [3.05, 3.63) is 48.0 Å². The molecule has 7 heteroatoms. The molecule has 0 saturated heterocycles. The number of hydrogen-bond donors (Lipinski definition) is 3. The number of anilines is 1. The van der Waals surface area contributed by atoms with Crippen molar-refractivity contribution in [1.29, 1.82) is 0 Å². The van der Waals surface area contributed by atoms with Crippen LogP contribution in [-0.2, 0) is 0 Å². The molecule has 6 nitrogen and oxygen atoms in total. The number of fused-ring (bicyclic) bond motifs is 3. The van der Waals surface area contributed by atoms with E-state index in [-0.39, 0.29) is 5.82 Å². The van der Waals surface area contributed by atoms with Crippen molar-refractivity contribution in [2.75, 3.05) is 11.9 Å². The molecular weight excluding hydrogens is 321 g/mol. The minimum atomic E-state index is -0.448. The molecule has 4 rings (SSSR count). The zero-order chi connectivity index (χ0) is 17.6. The van der Waals surface area contributed by atoms with Crippen molar-refractivity contribution >= 4 is 27.8 Å². The molecule has 0 fully saturated rings. The maximum Gasteiger partial charge on any atom is 0.126 e. The summed E-state index contributed by atoms with van der Waals surface area (Å²) in [5.74, 6) is 0.418. The number of halogens is 1. The van der Waals surface area contributed by atoms with Gasteiger partial charge in [0, 0.05) is 11.9 Å². The Bertz CT molecular complexity index is 1070. The topological polar surface area (TPSA) is 78.8 Å². The van der Waals surface area contributed by atoms with Gasteiger partial charge in [0.1, 0.15) is 11.6 Å². The van der Waals surface area contributed by atoms with Crippen molar-refractivity contribution in [2.45, 2.75) is 20.0 Å². The second kappa shape index (κ2) is 5.86. The molecule has 0 bridgehead atoms. The summed E-state index contributed by atoms with van der Waals surface area (Å²) >= 11 is 0. The Labute approximate surface area is 143 Å². The van der Waals surface area contributed by atoms with Crippen molar-refractivity contribution in [3.8, 4) is 5.69 Å². The molecule has 0 amide bonds. The van der Waals surface area contributed by atoms with Crippen LogP contribution in [0.25, 0.3) is 27.6 Å². The number of rotatable bonds is 4. The quantitative estimate of drug-likeness (QED) is 0.534. The van der Waals surface area contributed by atoms with Gasteiger partial charge in [0.25, 0.3) is 0 Å². The minimum Gasteiger partial charge on any atom is -0.392 e. The third-order valence-electron chi connectivity index (χ3n) is 4.21. The van der Waals surface area contributed by atoms with E-state index in [0.717, 1.165) is 33.3 Å². The molecule has 0 radical (unpaired) electrons. The number of aromatic amines is 1. The summed E-state index contributed by atoms with van der Waals surface area (Å²) in [6.07, 6.45) is 1.28. The van der Waals surface area contributed by atoms with Crippen molar-refractivity contribution < 1.29 is 9.50 Å². The maximum atomic E-state index is 13.7. The SMILES string of the molecule is Cc1nc(NCC(C)O)ccc1-n1c2ccc(F)cc2c2[nH]ncc21. The van der Waals surface area contributed by atoms with E-state index < -0.39 is 6.10 Å². The van der Waals surface area contributed by atoms with Crippen LogP contribution in [-0.4, -0.2) is 37.5 Å². The zero-order valence-electron chi connectivity index (χ0n) is 13.9. The van der Waals surface area contributed by atoms with E-state index in [9.17, 15) is 9.50 Å². The predicted molar refractivity (Wildman–Crippen MR) is 95.6 cm³/mol. The van der Waals surface area contributed by atoms with Gasteiger partial charge in [-0.2, -0.15) is 5.10 Å². The van der Waals surface area contributed by atoms with E-state index >= 15 is 0 Å². The first-order chi connectivity index (χ1) is 12.0. The summed E-state index contributed by atoms with van der Waals surface area (Å²) in [7, 11) is 0. The van der Waals surface area contributed by atoms with Gasteiger partial charge < -0.3 is 15.0 Å². The highest BCUT2D eigenvalue weighted by molar-refractivity contribution is 6.06. The third-order valence-corrected chi connectivity index (χ3v) is 4.21. The summed E-state index contributed by atoms with van der Waals surface area (Å²) in [6, 6.07) is 8.55. The van der Waals surface area contributed by atoms with Crippen LogP contribution in [0.2, 0.25) is 0 Å². The van der Waals surface area contributed by atoms with E-state index in [1.807, 2.05) is 23.6 Å². The number of aliphatic hydroxyl groups is 1. The fourth-order valence-electron chi connectivity index (χ4n) is 3.08. The van der Waals surface area contributed by atoms with Gasteiger partial charge in [-0.1, -0.05) is 0 Å². The Balaban J connectivity index is 1.87. The van der Waals surface area contributed by atoms with E-state index in [1.165, 1.54) is 12.1 Å². The van der Waals surface area contributed by atoms with E-state index in [2.05, 4.69) is 20.5 Å². The Morgan fingerprint density at radius 3 is 2.88 bits per heavy atom. The van der Waals surface area contributed by atoms with Crippen LogP contribution in [0.5, 0.6) is 0 Å². The lowest BCUT2D eigenvalue weighted by molar-refractivity contribution is 0.208. The normalized spacial score (nSPS) is 12.8. The molecular formula is C18H18FN5O. The average molecular weight is 339 g/mol. The number of hydrogen-bond acceptors (Lipinski definition) is 4. The largest absolute Gasteiger partial charge is 0.392 e. The molecule has 0 aliphatic carbocycles. The van der Waals surface area contributed by atoms with Crippen LogP contribution in [0.3, 0.4) is 0 Å². The number of H-pyrrole nitrogens is 1. The third kappa shape index (κ3) is 2.62. The number of aliphatic hydroxyl groups excluding tert-OH is 1. The van der Waals surface area contributed by atoms with Gasteiger partial charge in [-0.05, 0) is 44.2 Å². The van der Waals surface area contributed by atoms with Gasteiger partial charge in [0.2, 0.25) is 0 Å². The predicted octanol–water partition coefficient (Wildman–Crippen LogP) is 3.14. The Morgan fingerprint density at radius 2 is 2.12 bits per heavy atom. The highest BCUT2D eigenvalue weighted by atomic mass is 19.1. The number of pyridine rings is 1. The lowest BCUT2D eigenvalue weighted by Gasteiger charge is -2.13. The number of benzene rings is 1. The van der Waals surface area contributed by atoms with E-state index in [4.69, 9.17) is 0 Å². The smallest absolute Gasteiger partial charge is 0.126 e. The summed E-state index contributed by atoms with van der Waals surface area (Å²) in [6.45, 7) is 4.07. The molecule has 128 valence electrons. The molecule has 25 heavy (non-hydrogen) atoms. The first-order valence-corrected chi connectivity index (χ1v) is 8.07. The first-order valence-electron chi connectivity index (χ1n) is 8.07. The molecule has 1 unspecified atom stereocenters. The molecule has 1 atom stereocenters. The number of nitrogens with zero attached hydrogens (tertiary/aromatic N) is 3. The van der Waals surface area contributed by atoms with Crippen molar-refractivity contribution in [1.82, 2.24) is 19.7 Å². The number of aryl methyl sites for hydroxylation is 1. The Hall–Kier alpha value is -2.93. The van der Waals surface area contributed by atoms with Gasteiger partial charge in [0.15, 0.2) is 0 Å². The van der Waals surface area contributed by atoms with Crippen LogP contribution in [0.4, 0.5) is 10.2 Å². The van der Waals surface area contributed by atoms with E-state index in [1.54, 1.807) is 19.2 Å². The molecule has 0 aliphatic rings. The molecule has 3 aromatic heterocycles. The van der Waals surface area contributed by atoms with Crippen molar-refractivity contribution in [2.24, 2.45) is 0 Å². The Morgan fingerprint density at radius 1 is 1.28 bits per heavy atom. The highest BCUT2D eigenvalue weighted by Gasteiger charge is 2.16. The molecule has 4 aromatic rings. The average Bonchev–Trinajstić information content (AvgIpc) is 3.14. The molecule has 3 N–H and O–H groups in total. The zero-order valence-corrected chi connectivity index (χ0v) is 13.9. The molecule has 1 aromatic carbocycles. The molecule has 3 heterocycles. The second-order valence-corrected chi connectivity index (χ2v) is 6.16. The molecule has 0 aliphatic heterocycles. The van der Waals surface area contributed by atoms with Gasteiger partial charge in [0.05, 0.1) is 40.2 Å². The highest BCUT2D eigenvalue weighted by Crippen LogP contribution is 2.32. The number of aromatic nitrogens is 4.